The highest BCUT2D eigenvalue weighted by Gasteiger charge is 2.13. The quantitative estimate of drug-likeness (QED) is 0.779. The molecule has 2 rings (SSSR count). The third kappa shape index (κ3) is 1.97. The van der Waals surface area contributed by atoms with Crippen LogP contribution in [0, 0.1) is 0 Å². The van der Waals surface area contributed by atoms with Gasteiger partial charge in [0.05, 0.1) is 0 Å². The fourth-order valence-electron chi connectivity index (χ4n) is 1.24. The van der Waals surface area contributed by atoms with Crippen LogP contribution < -0.4 is 0 Å². The van der Waals surface area contributed by atoms with Gasteiger partial charge in [-0.15, -0.1) is 0 Å². The lowest BCUT2D eigenvalue weighted by Gasteiger charge is -2.00. The van der Waals surface area contributed by atoms with Crippen molar-refractivity contribution in [3.8, 4) is 0 Å². The Kier molecular flexibility index (Phi) is 2.64. The van der Waals surface area contributed by atoms with E-state index in [1.807, 2.05) is 0 Å². The molecule has 0 aliphatic carbocycles. The Hall–Kier alpha value is -1.49. The number of nitrogens with zero attached hydrogens (tertiary/aromatic N) is 3. The summed E-state index contributed by atoms with van der Waals surface area (Å²) in [7, 11) is 1.73. The summed E-state index contributed by atoms with van der Waals surface area (Å²) in [6, 6.07) is 5.14. The zero-order chi connectivity index (χ0) is 10.8. The SMILES string of the molecule is Cn1nccc1C(=O)c1ccc(Br)cn1. The van der Waals surface area contributed by atoms with Crippen LogP contribution >= 0.6 is 15.9 Å². The second-order valence-corrected chi connectivity index (χ2v) is 3.95. The molecule has 0 N–H and O–H groups in total. The maximum Gasteiger partial charge on any atom is 0.229 e. The van der Waals surface area contributed by atoms with E-state index in [1.54, 1.807) is 37.6 Å². The van der Waals surface area contributed by atoms with E-state index in [0.717, 1.165) is 4.47 Å². The third-order valence-electron chi connectivity index (χ3n) is 2.01. The maximum absolute atomic E-state index is 11.9. The predicted molar refractivity (Wildman–Crippen MR) is 58.6 cm³/mol. The van der Waals surface area contributed by atoms with Crippen molar-refractivity contribution in [2.24, 2.45) is 7.05 Å². The topological polar surface area (TPSA) is 47.8 Å². The Balaban J connectivity index is 2.37. The first-order valence-electron chi connectivity index (χ1n) is 4.33. The lowest BCUT2D eigenvalue weighted by atomic mass is 10.2. The van der Waals surface area contributed by atoms with Crippen LogP contribution in [0.5, 0.6) is 0 Å². The van der Waals surface area contributed by atoms with Gasteiger partial charge in [0, 0.05) is 23.9 Å². The molecular weight excluding hydrogens is 258 g/mol. The molecule has 0 radical (unpaired) electrons. The minimum atomic E-state index is -0.123. The molecule has 0 atom stereocenters. The van der Waals surface area contributed by atoms with Crippen molar-refractivity contribution >= 4 is 21.7 Å². The number of carbonyl (C=O) groups is 1. The monoisotopic (exact) mass is 265 g/mol. The highest BCUT2D eigenvalue weighted by Crippen LogP contribution is 2.10. The lowest BCUT2D eigenvalue weighted by Crippen LogP contribution is -2.09. The van der Waals surface area contributed by atoms with E-state index in [9.17, 15) is 4.79 Å². The molecule has 2 aromatic rings. The zero-order valence-corrected chi connectivity index (χ0v) is 9.60. The first-order valence-corrected chi connectivity index (χ1v) is 5.12. The fraction of sp³-hybridized carbons (Fsp3) is 0.100. The molecule has 2 aromatic heterocycles. The van der Waals surface area contributed by atoms with Crippen molar-refractivity contribution in [1.29, 1.82) is 0 Å². The van der Waals surface area contributed by atoms with E-state index in [-0.39, 0.29) is 5.78 Å². The molecule has 0 amide bonds. The first-order chi connectivity index (χ1) is 7.18. The van der Waals surface area contributed by atoms with Crippen molar-refractivity contribution in [1.82, 2.24) is 14.8 Å². The average molecular weight is 266 g/mol. The Morgan fingerprint density at radius 1 is 1.40 bits per heavy atom. The predicted octanol–water partition coefficient (Wildman–Crippen LogP) is 1.81. The van der Waals surface area contributed by atoms with Crippen molar-refractivity contribution in [2.45, 2.75) is 0 Å². The molecule has 2 heterocycles. The molecule has 4 nitrogen and oxygen atoms in total. The molecule has 5 heteroatoms. The lowest BCUT2D eigenvalue weighted by molar-refractivity contribution is 0.102. The van der Waals surface area contributed by atoms with E-state index >= 15 is 0 Å². The summed E-state index contributed by atoms with van der Waals surface area (Å²) in [5, 5.41) is 3.94. The highest BCUT2D eigenvalue weighted by molar-refractivity contribution is 9.10. The zero-order valence-electron chi connectivity index (χ0n) is 8.01. The Bertz CT molecular complexity index is 490. The Labute approximate surface area is 95.1 Å². The molecule has 15 heavy (non-hydrogen) atoms. The van der Waals surface area contributed by atoms with Gasteiger partial charge in [0.2, 0.25) is 5.78 Å². The Morgan fingerprint density at radius 2 is 2.20 bits per heavy atom. The summed E-state index contributed by atoms with van der Waals surface area (Å²) < 4.78 is 2.38. The van der Waals surface area contributed by atoms with Crippen LogP contribution in [0.15, 0.2) is 35.1 Å². The normalized spacial score (nSPS) is 10.3. The molecule has 0 bridgehead atoms. The van der Waals surface area contributed by atoms with E-state index in [2.05, 4.69) is 26.0 Å². The van der Waals surface area contributed by atoms with Gasteiger partial charge in [-0.1, -0.05) is 0 Å². The number of rotatable bonds is 2. The van der Waals surface area contributed by atoms with Crippen molar-refractivity contribution in [3.63, 3.8) is 0 Å². The Morgan fingerprint density at radius 3 is 2.73 bits per heavy atom. The summed E-state index contributed by atoms with van der Waals surface area (Å²) in [6.45, 7) is 0. The summed E-state index contributed by atoms with van der Waals surface area (Å²) in [4.78, 5) is 15.9. The third-order valence-corrected chi connectivity index (χ3v) is 2.48. The van der Waals surface area contributed by atoms with Crippen LogP contribution in [-0.4, -0.2) is 20.5 Å². The number of pyridine rings is 1. The molecule has 0 spiro atoms. The van der Waals surface area contributed by atoms with Crippen LogP contribution in [0.3, 0.4) is 0 Å². The number of halogens is 1. The van der Waals surface area contributed by atoms with Crippen LogP contribution in [0.1, 0.15) is 16.2 Å². The summed E-state index contributed by atoms with van der Waals surface area (Å²) in [5.74, 6) is -0.123. The van der Waals surface area contributed by atoms with Crippen molar-refractivity contribution < 1.29 is 4.79 Å². The average Bonchev–Trinajstić information content (AvgIpc) is 2.65. The van der Waals surface area contributed by atoms with Gasteiger partial charge in [-0.05, 0) is 34.1 Å². The minimum Gasteiger partial charge on any atom is -0.285 e. The van der Waals surface area contributed by atoms with Gasteiger partial charge in [0.25, 0.3) is 0 Å². The van der Waals surface area contributed by atoms with E-state index in [0.29, 0.717) is 11.4 Å². The van der Waals surface area contributed by atoms with Gasteiger partial charge >= 0.3 is 0 Å². The summed E-state index contributed by atoms with van der Waals surface area (Å²) in [5.41, 5.74) is 0.951. The molecule has 0 unspecified atom stereocenters. The van der Waals surface area contributed by atoms with Gasteiger partial charge in [0.1, 0.15) is 11.4 Å². The van der Waals surface area contributed by atoms with Gasteiger partial charge in [0.15, 0.2) is 0 Å². The number of hydrogen-bond acceptors (Lipinski definition) is 3. The summed E-state index contributed by atoms with van der Waals surface area (Å²) in [6.07, 6.45) is 3.19. The van der Waals surface area contributed by atoms with Crippen LogP contribution in [-0.2, 0) is 7.05 Å². The number of aryl methyl sites for hydroxylation is 1. The number of hydrogen-bond donors (Lipinski definition) is 0. The van der Waals surface area contributed by atoms with Crippen molar-refractivity contribution in [2.75, 3.05) is 0 Å². The molecular formula is C10H8BrN3O. The van der Waals surface area contributed by atoms with Crippen LogP contribution in [0.2, 0.25) is 0 Å². The molecule has 0 aromatic carbocycles. The van der Waals surface area contributed by atoms with Crippen LogP contribution in [0.4, 0.5) is 0 Å². The summed E-state index contributed by atoms with van der Waals surface area (Å²) >= 11 is 3.27. The van der Waals surface area contributed by atoms with Crippen LogP contribution in [0.25, 0.3) is 0 Å². The molecule has 0 fully saturated rings. The van der Waals surface area contributed by atoms with E-state index < -0.39 is 0 Å². The number of aromatic nitrogens is 3. The molecule has 0 saturated carbocycles. The smallest absolute Gasteiger partial charge is 0.229 e. The number of carbonyl (C=O) groups excluding carboxylic acids is 1. The number of ketones is 1. The second kappa shape index (κ2) is 3.94. The molecule has 0 saturated heterocycles. The van der Waals surface area contributed by atoms with E-state index in [4.69, 9.17) is 0 Å². The maximum atomic E-state index is 11.9. The van der Waals surface area contributed by atoms with Gasteiger partial charge in [-0.2, -0.15) is 5.10 Å². The first kappa shape index (κ1) is 10.0. The van der Waals surface area contributed by atoms with Gasteiger partial charge in [-0.3, -0.25) is 14.5 Å². The fourth-order valence-corrected chi connectivity index (χ4v) is 1.47. The molecule has 76 valence electrons. The highest BCUT2D eigenvalue weighted by atomic mass is 79.9. The molecule has 0 aliphatic heterocycles. The second-order valence-electron chi connectivity index (χ2n) is 3.03. The standard InChI is InChI=1S/C10H8BrN3O/c1-14-9(4-5-13-14)10(15)8-3-2-7(11)6-12-8/h2-6H,1H3. The molecule has 0 aliphatic rings. The minimum absolute atomic E-state index is 0.123. The van der Waals surface area contributed by atoms with E-state index in [1.165, 1.54) is 4.68 Å². The van der Waals surface area contributed by atoms with Gasteiger partial charge in [-0.25, -0.2) is 0 Å². The van der Waals surface area contributed by atoms with Gasteiger partial charge < -0.3 is 0 Å². The van der Waals surface area contributed by atoms with Crippen molar-refractivity contribution in [3.05, 3.63) is 46.5 Å². The largest absolute Gasteiger partial charge is 0.285 e.